The van der Waals surface area contributed by atoms with E-state index in [1.54, 1.807) is 24.3 Å². The Kier molecular flexibility index (Phi) is 5.60. The second kappa shape index (κ2) is 8.47. The molecule has 29 heavy (non-hydrogen) atoms. The van der Waals surface area contributed by atoms with Gasteiger partial charge < -0.3 is 15.4 Å². The molecular formula is C23H24N2O4. The van der Waals surface area contributed by atoms with Crippen molar-refractivity contribution in [3.05, 3.63) is 65.2 Å². The molecule has 0 bridgehead atoms. The molecule has 0 aromatic heterocycles. The van der Waals surface area contributed by atoms with Gasteiger partial charge in [0.1, 0.15) is 0 Å². The topological polar surface area (TPSA) is 84.5 Å². The van der Waals surface area contributed by atoms with Crippen molar-refractivity contribution in [2.24, 2.45) is 5.92 Å². The maximum absolute atomic E-state index is 12.3. The van der Waals surface area contributed by atoms with E-state index < -0.39 is 5.97 Å². The molecule has 6 nitrogen and oxygen atoms in total. The van der Waals surface area contributed by atoms with Crippen molar-refractivity contribution in [2.75, 3.05) is 11.9 Å². The van der Waals surface area contributed by atoms with Crippen molar-refractivity contribution in [2.45, 2.75) is 38.1 Å². The number of amides is 2. The highest BCUT2D eigenvalue weighted by Crippen LogP contribution is 2.30. The summed E-state index contributed by atoms with van der Waals surface area (Å²) in [5.41, 5.74) is 3.38. The summed E-state index contributed by atoms with van der Waals surface area (Å²) in [6, 6.07) is 14.6. The smallest absolute Gasteiger partial charge is 0.338 e. The van der Waals surface area contributed by atoms with E-state index >= 15 is 0 Å². The third kappa shape index (κ3) is 4.83. The van der Waals surface area contributed by atoms with Gasteiger partial charge in [-0.1, -0.05) is 24.3 Å². The van der Waals surface area contributed by atoms with E-state index in [0.717, 1.165) is 37.7 Å². The van der Waals surface area contributed by atoms with Gasteiger partial charge in [-0.3, -0.25) is 9.59 Å². The van der Waals surface area contributed by atoms with Crippen LogP contribution in [-0.2, 0) is 20.7 Å². The molecule has 0 heterocycles. The molecule has 6 heteroatoms. The van der Waals surface area contributed by atoms with Crippen LogP contribution in [0.3, 0.4) is 0 Å². The maximum Gasteiger partial charge on any atom is 0.338 e. The molecule has 2 aliphatic carbocycles. The number of aryl methyl sites for hydroxylation is 1. The normalized spacial score (nSPS) is 17.7. The van der Waals surface area contributed by atoms with E-state index in [9.17, 15) is 14.4 Å². The predicted octanol–water partition coefficient (Wildman–Crippen LogP) is 3.39. The summed E-state index contributed by atoms with van der Waals surface area (Å²) in [5, 5.41) is 5.78. The molecule has 0 radical (unpaired) electrons. The van der Waals surface area contributed by atoms with Crippen LogP contribution in [-0.4, -0.2) is 24.4 Å². The number of anilines is 1. The Bertz CT molecular complexity index is 919. The van der Waals surface area contributed by atoms with Crippen molar-refractivity contribution in [3.63, 3.8) is 0 Å². The molecule has 2 amide bonds. The highest BCUT2D eigenvalue weighted by atomic mass is 16.5. The van der Waals surface area contributed by atoms with Gasteiger partial charge >= 0.3 is 5.97 Å². The molecule has 2 N–H and O–H groups in total. The third-order valence-corrected chi connectivity index (χ3v) is 5.38. The number of hydrogen-bond donors (Lipinski definition) is 2. The number of fused-ring (bicyclic) bond motifs is 1. The van der Waals surface area contributed by atoms with E-state index in [1.165, 1.54) is 5.56 Å². The molecule has 2 aromatic carbocycles. The monoisotopic (exact) mass is 392 g/mol. The zero-order valence-corrected chi connectivity index (χ0v) is 16.1. The van der Waals surface area contributed by atoms with Crippen LogP contribution < -0.4 is 10.6 Å². The molecule has 2 aromatic rings. The van der Waals surface area contributed by atoms with Gasteiger partial charge in [0.15, 0.2) is 6.61 Å². The van der Waals surface area contributed by atoms with Crippen LogP contribution in [0.15, 0.2) is 48.5 Å². The van der Waals surface area contributed by atoms with Gasteiger partial charge in [-0.25, -0.2) is 4.79 Å². The van der Waals surface area contributed by atoms with E-state index in [-0.39, 0.29) is 30.4 Å². The zero-order valence-electron chi connectivity index (χ0n) is 16.1. The van der Waals surface area contributed by atoms with Crippen molar-refractivity contribution in [1.82, 2.24) is 5.32 Å². The molecule has 150 valence electrons. The lowest BCUT2D eigenvalue weighted by Crippen LogP contribution is -2.34. The van der Waals surface area contributed by atoms with Crippen LogP contribution in [0.25, 0.3) is 0 Å². The average molecular weight is 392 g/mol. The first-order valence-corrected chi connectivity index (χ1v) is 10.1. The second-order valence-electron chi connectivity index (χ2n) is 7.63. The largest absolute Gasteiger partial charge is 0.452 e. The molecule has 0 spiro atoms. The molecule has 1 atom stereocenters. The van der Waals surface area contributed by atoms with Crippen LogP contribution in [0, 0.1) is 5.92 Å². The fourth-order valence-electron chi connectivity index (χ4n) is 3.63. The Morgan fingerprint density at radius 3 is 2.48 bits per heavy atom. The van der Waals surface area contributed by atoms with Gasteiger partial charge in [0, 0.05) is 11.6 Å². The van der Waals surface area contributed by atoms with Gasteiger partial charge in [0.05, 0.1) is 11.6 Å². The molecule has 4 rings (SSSR count). The lowest BCUT2D eigenvalue weighted by atomic mass is 9.88. The number of ether oxygens (including phenoxy) is 1. The van der Waals surface area contributed by atoms with Crippen molar-refractivity contribution < 1.29 is 19.1 Å². The quantitative estimate of drug-likeness (QED) is 0.738. The minimum atomic E-state index is -0.565. The van der Waals surface area contributed by atoms with E-state index in [0.29, 0.717) is 11.3 Å². The summed E-state index contributed by atoms with van der Waals surface area (Å²) < 4.78 is 5.15. The van der Waals surface area contributed by atoms with Crippen molar-refractivity contribution >= 4 is 23.5 Å². The van der Waals surface area contributed by atoms with Gasteiger partial charge in [0.25, 0.3) is 5.91 Å². The minimum absolute atomic E-state index is 0.0151. The number of hydrogen-bond acceptors (Lipinski definition) is 4. The number of nitrogens with one attached hydrogen (secondary N) is 2. The maximum atomic E-state index is 12.3. The van der Waals surface area contributed by atoms with Crippen LogP contribution in [0.2, 0.25) is 0 Å². The average Bonchev–Trinajstić information content (AvgIpc) is 3.58. The van der Waals surface area contributed by atoms with Crippen LogP contribution in [0.1, 0.15) is 53.2 Å². The van der Waals surface area contributed by atoms with Gasteiger partial charge in [-0.05, 0) is 67.5 Å². The number of carbonyl (C=O) groups excluding carboxylic acids is 3. The Hall–Kier alpha value is -3.15. The number of carbonyl (C=O) groups is 3. The summed E-state index contributed by atoms with van der Waals surface area (Å²) in [5.74, 6) is -0.742. The first kappa shape index (κ1) is 19.2. The first-order valence-electron chi connectivity index (χ1n) is 10.1. The zero-order chi connectivity index (χ0) is 20.2. The summed E-state index contributed by atoms with van der Waals surface area (Å²) in [4.78, 5) is 36.2. The third-order valence-electron chi connectivity index (χ3n) is 5.38. The fraction of sp³-hybridized carbons (Fsp3) is 0.348. The molecule has 1 saturated carbocycles. The molecule has 1 unspecified atom stereocenters. The minimum Gasteiger partial charge on any atom is -0.452 e. The Morgan fingerprint density at radius 1 is 0.966 bits per heavy atom. The summed E-state index contributed by atoms with van der Waals surface area (Å²) in [6.45, 7) is -0.322. The van der Waals surface area contributed by atoms with Crippen molar-refractivity contribution in [3.8, 4) is 0 Å². The SMILES string of the molecule is O=C(COC(=O)c1ccc(NC(=O)C2CC2)cc1)NC1CCCc2ccccc21. The Morgan fingerprint density at radius 2 is 1.72 bits per heavy atom. The van der Waals surface area contributed by atoms with Gasteiger partial charge in [0.2, 0.25) is 5.91 Å². The Labute approximate surface area is 169 Å². The number of rotatable bonds is 6. The summed E-state index contributed by atoms with van der Waals surface area (Å²) in [6.07, 6.45) is 4.79. The van der Waals surface area contributed by atoms with Gasteiger partial charge in [-0.2, -0.15) is 0 Å². The predicted molar refractivity (Wildman–Crippen MR) is 108 cm³/mol. The van der Waals surface area contributed by atoms with E-state index in [4.69, 9.17) is 4.74 Å². The van der Waals surface area contributed by atoms with E-state index in [1.807, 2.05) is 18.2 Å². The first-order chi connectivity index (χ1) is 14.1. The second-order valence-corrected chi connectivity index (χ2v) is 7.63. The fourth-order valence-corrected chi connectivity index (χ4v) is 3.63. The van der Waals surface area contributed by atoms with Crippen LogP contribution in [0.4, 0.5) is 5.69 Å². The number of esters is 1. The Balaban J connectivity index is 1.27. The van der Waals surface area contributed by atoms with E-state index in [2.05, 4.69) is 16.7 Å². The highest BCUT2D eigenvalue weighted by molar-refractivity contribution is 5.95. The summed E-state index contributed by atoms with van der Waals surface area (Å²) in [7, 11) is 0. The molecular weight excluding hydrogens is 368 g/mol. The molecule has 0 aliphatic heterocycles. The van der Waals surface area contributed by atoms with Crippen LogP contribution in [0.5, 0.6) is 0 Å². The van der Waals surface area contributed by atoms with Crippen LogP contribution >= 0.6 is 0 Å². The summed E-state index contributed by atoms with van der Waals surface area (Å²) >= 11 is 0. The van der Waals surface area contributed by atoms with Gasteiger partial charge in [-0.15, -0.1) is 0 Å². The lowest BCUT2D eigenvalue weighted by Gasteiger charge is -2.26. The molecule has 0 saturated heterocycles. The molecule has 2 aliphatic rings. The lowest BCUT2D eigenvalue weighted by molar-refractivity contribution is -0.125. The molecule has 1 fully saturated rings. The highest BCUT2D eigenvalue weighted by Gasteiger charge is 2.29. The standard InChI is InChI=1S/C23H24N2O4/c26-21(25-20-7-3-5-15-4-1-2-6-19(15)20)14-29-23(28)17-10-12-18(13-11-17)24-22(27)16-8-9-16/h1-2,4,6,10-13,16,20H,3,5,7-9,14H2,(H,24,27)(H,25,26). The van der Waals surface area contributed by atoms with Crippen molar-refractivity contribution in [1.29, 1.82) is 0 Å². The number of benzene rings is 2.